The van der Waals surface area contributed by atoms with Crippen molar-refractivity contribution in [1.82, 2.24) is 10.3 Å². The number of carbonyl (C=O) groups is 1. The Kier molecular flexibility index (Phi) is 6.32. The number of hydrogen-bond acceptors (Lipinski definition) is 3. The molecule has 2 atom stereocenters. The summed E-state index contributed by atoms with van der Waals surface area (Å²) in [4.78, 5) is 16.6. The van der Waals surface area contributed by atoms with Gasteiger partial charge >= 0.3 is 0 Å². The summed E-state index contributed by atoms with van der Waals surface area (Å²) >= 11 is 12.3. The molecule has 3 rings (SSSR count). The van der Waals surface area contributed by atoms with Gasteiger partial charge in [-0.05, 0) is 36.4 Å². The lowest BCUT2D eigenvalue weighted by atomic mass is 10.0. The number of amides is 1. The van der Waals surface area contributed by atoms with E-state index >= 15 is 0 Å². The Hall–Kier alpha value is -2.14. The SMILES string of the molecule is CC(NC(=O)CCc1cncc2ccccc12)C(O)c1c(Cl)cccc1Cl. The molecule has 2 unspecified atom stereocenters. The van der Waals surface area contributed by atoms with Crippen molar-refractivity contribution in [2.24, 2.45) is 0 Å². The van der Waals surface area contributed by atoms with Gasteiger partial charge < -0.3 is 10.4 Å². The second-order valence-electron chi connectivity index (χ2n) is 6.46. The number of hydrogen-bond donors (Lipinski definition) is 2. The summed E-state index contributed by atoms with van der Waals surface area (Å²) < 4.78 is 0. The summed E-state index contributed by atoms with van der Waals surface area (Å²) in [5, 5.41) is 16.2. The lowest BCUT2D eigenvalue weighted by molar-refractivity contribution is -0.122. The Bertz CT molecular complexity index is 936. The zero-order valence-electron chi connectivity index (χ0n) is 14.8. The van der Waals surface area contributed by atoms with E-state index in [2.05, 4.69) is 10.3 Å². The Morgan fingerprint density at radius 1 is 1.11 bits per heavy atom. The van der Waals surface area contributed by atoms with Crippen LogP contribution in [0.4, 0.5) is 0 Å². The van der Waals surface area contributed by atoms with Crippen molar-refractivity contribution in [3.8, 4) is 0 Å². The monoisotopic (exact) mass is 402 g/mol. The summed E-state index contributed by atoms with van der Waals surface area (Å²) in [6, 6.07) is 12.5. The maximum absolute atomic E-state index is 12.4. The van der Waals surface area contributed by atoms with Gasteiger partial charge in [0, 0.05) is 39.8 Å². The molecule has 0 saturated heterocycles. The van der Waals surface area contributed by atoms with Crippen molar-refractivity contribution in [1.29, 1.82) is 0 Å². The molecular weight excluding hydrogens is 383 g/mol. The number of halogens is 2. The molecule has 4 nitrogen and oxygen atoms in total. The molecule has 3 aromatic rings. The fraction of sp³-hybridized carbons (Fsp3) is 0.238. The second-order valence-corrected chi connectivity index (χ2v) is 7.27. The normalized spacial score (nSPS) is 13.3. The van der Waals surface area contributed by atoms with E-state index in [-0.39, 0.29) is 5.91 Å². The highest BCUT2D eigenvalue weighted by molar-refractivity contribution is 6.36. The van der Waals surface area contributed by atoms with Gasteiger partial charge in [-0.25, -0.2) is 0 Å². The minimum absolute atomic E-state index is 0.155. The third kappa shape index (κ3) is 4.59. The molecule has 0 fully saturated rings. The first-order valence-electron chi connectivity index (χ1n) is 8.70. The molecule has 0 saturated carbocycles. The van der Waals surface area contributed by atoms with Crippen molar-refractivity contribution >= 4 is 39.9 Å². The van der Waals surface area contributed by atoms with Gasteiger partial charge in [-0.3, -0.25) is 9.78 Å². The number of pyridine rings is 1. The molecule has 0 aliphatic carbocycles. The van der Waals surface area contributed by atoms with Gasteiger partial charge in [0.15, 0.2) is 0 Å². The second kappa shape index (κ2) is 8.70. The van der Waals surface area contributed by atoms with Gasteiger partial charge in [-0.2, -0.15) is 0 Å². The minimum atomic E-state index is -0.991. The lowest BCUT2D eigenvalue weighted by Gasteiger charge is -2.22. The molecule has 1 amide bonds. The standard InChI is InChI=1S/C21H20Cl2N2O2/c1-13(21(27)20-17(22)7-4-8-18(20)23)25-19(26)10-9-15-12-24-11-14-5-2-3-6-16(14)15/h2-8,11-13,21,27H,9-10H2,1H3,(H,25,26). The summed E-state index contributed by atoms with van der Waals surface area (Å²) in [6.45, 7) is 1.72. The van der Waals surface area contributed by atoms with Gasteiger partial charge in [0.2, 0.25) is 5.91 Å². The number of rotatable bonds is 6. The largest absolute Gasteiger partial charge is 0.386 e. The number of aryl methyl sites for hydroxylation is 1. The van der Waals surface area contributed by atoms with Crippen molar-refractivity contribution < 1.29 is 9.90 Å². The third-order valence-corrected chi connectivity index (χ3v) is 5.19. The lowest BCUT2D eigenvalue weighted by Crippen LogP contribution is -2.37. The van der Waals surface area contributed by atoms with Crippen LogP contribution in [0.3, 0.4) is 0 Å². The van der Waals surface area contributed by atoms with Crippen LogP contribution in [0, 0.1) is 0 Å². The number of aliphatic hydroxyl groups excluding tert-OH is 1. The van der Waals surface area contributed by atoms with Crippen LogP contribution in [0.25, 0.3) is 10.8 Å². The number of fused-ring (bicyclic) bond motifs is 1. The molecule has 1 aromatic heterocycles. The van der Waals surface area contributed by atoms with Crippen molar-refractivity contribution in [2.45, 2.75) is 31.9 Å². The molecule has 0 bridgehead atoms. The molecule has 2 aromatic carbocycles. The van der Waals surface area contributed by atoms with Crippen molar-refractivity contribution in [2.75, 3.05) is 0 Å². The summed E-state index contributed by atoms with van der Waals surface area (Å²) in [5.74, 6) is -0.155. The fourth-order valence-electron chi connectivity index (χ4n) is 3.07. The van der Waals surface area contributed by atoms with E-state index in [1.165, 1.54) is 0 Å². The third-order valence-electron chi connectivity index (χ3n) is 4.53. The number of aliphatic hydroxyl groups is 1. The van der Waals surface area contributed by atoms with Crippen molar-refractivity contribution in [3.63, 3.8) is 0 Å². The molecule has 0 aliphatic rings. The molecule has 6 heteroatoms. The smallest absolute Gasteiger partial charge is 0.220 e. The number of nitrogens with one attached hydrogen (secondary N) is 1. The molecule has 0 radical (unpaired) electrons. The first kappa shape index (κ1) is 19.6. The Labute approximate surface area is 168 Å². The van der Waals surface area contributed by atoms with E-state index in [1.54, 1.807) is 31.3 Å². The van der Waals surface area contributed by atoms with E-state index in [1.807, 2.05) is 30.5 Å². The molecule has 0 spiro atoms. The number of nitrogens with zero attached hydrogens (tertiary/aromatic N) is 1. The summed E-state index contributed by atoms with van der Waals surface area (Å²) in [5.41, 5.74) is 1.44. The molecule has 27 heavy (non-hydrogen) atoms. The van der Waals surface area contributed by atoms with Crippen LogP contribution >= 0.6 is 23.2 Å². The van der Waals surface area contributed by atoms with Gasteiger partial charge in [-0.15, -0.1) is 0 Å². The zero-order valence-corrected chi connectivity index (χ0v) is 16.3. The van der Waals surface area contributed by atoms with Crippen LogP contribution < -0.4 is 5.32 Å². The van der Waals surface area contributed by atoms with Crippen LogP contribution in [0.2, 0.25) is 10.0 Å². The molecular formula is C21H20Cl2N2O2. The maximum Gasteiger partial charge on any atom is 0.220 e. The highest BCUT2D eigenvalue weighted by atomic mass is 35.5. The van der Waals surface area contributed by atoms with Crippen LogP contribution in [0.15, 0.2) is 54.9 Å². The molecule has 140 valence electrons. The van der Waals surface area contributed by atoms with E-state index in [4.69, 9.17) is 23.2 Å². The average Bonchev–Trinajstić information content (AvgIpc) is 2.66. The van der Waals surface area contributed by atoms with Gasteiger partial charge in [0.05, 0.1) is 6.04 Å². The highest BCUT2D eigenvalue weighted by Gasteiger charge is 2.23. The van der Waals surface area contributed by atoms with Crippen molar-refractivity contribution in [3.05, 3.63) is 76.0 Å². The van der Waals surface area contributed by atoms with E-state index in [0.29, 0.717) is 28.5 Å². The van der Waals surface area contributed by atoms with Gasteiger partial charge in [0.1, 0.15) is 6.10 Å². The van der Waals surface area contributed by atoms with E-state index in [9.17, 15) is 9.90 Å². The van der Waals surface area contributed by atoms with Gasteiger partial charge in [-0.1, -0.05) is 53.5 Å². The number of benzene rings is 2. The first-order chi connectivity index (χ1) is 13.0. The van der Waals surface area contributed by atoms with E-state index in [0.717, 1.165) is 16.3 Å². The maximum atomic E-state index is 12.4. The molecule has 0 aliphatic heterocycles. The zero-order chi connectivity index (χ0) is 19.4. The summed E-state index contributed by atoms with van der Waals surface area (Å²) in [7, 11) is 0. The average molecular weight is 403 g/mol. The quantitative estimate of drug-likeness (QED) is 0.627. The van der Waals surface area contributed by atoms with E-state index < -0.39 is 12.1 Å². The number of aromatic nitrogens is 1. The topological polar surface area (TPSA) is 62.2 Å². The molecule has 2 N–H and O–H groups in total. The van der Waals surface area contributed by atoms with Crippen LogP contribution in [-0.2, 0) is 11.2 Å². The van der Waals surface area contributed by atoms with Crippen LogP contribution in [0.5, 0.6) is 0 Å². The first-order valence-corrected chi connectivity index (χ1v) is 9.46. The molecule has 1 heterocycles. The fourth-order valence-corrected chi connectivity index (χ4v) is 3.70. The van der Waals surface area contributed by atoms with Gasteiger partial charge in [0.25, 0.3) is 0 Å². The minimum Gasteiger partial charge on any atom is -0.386 e. The Morgan fingerprint density at radius 3 is 2.56 bits per heavy atom. The Balaban J connectivity index is 1.63. The summed E-state index contributed by atoms with van der Waals surface area (Å²) in [6.07, 6.45) is 3.47. The number of carbonyl (C=O) groups excluding carboxylic acids is 1. The highest BCUT2D eigenvalue weighted by Crippen LogP contribution is 2.31. The van der Waals surface area contributed by atoms with Crippen LogP contribution in [0.1, 0.15) is 30.6 Å². The predicted molar refractivity (Wildman–Crippen MR) is 109 cm³/mol. The Morgan fingerprint density at radius 2 is 1.81 bits per heavy atom. The van der Waals surface area contributed by atoms with Crippen LogP contribution in [-0.4, -0.2) is 22.0 Å². The predicted octanol–water partition coefficient (Wildman–Crippen LogP) is 4.71.